The van der Waals surface area contributed by atoms with Crippen LogP contribution in [-0.4, -0.2) is 37.3 Å². The third-order valence-corrected chi connectivity index (χ3v) is 3.51. The van der Waals surface area contributed by atoms with Gasteiger partial charge in [0.25, 0.3) is 5.91 Å². The van der Waals surface area contributed by atoms with Crippen LogP contribution in [0.2, 0.25) is 0 Å². The molecule has 130 valence electrons. The first-order chi connectivity index (χ1) is 11.8. The highest BCUT2D eigenvalue weighted by atomic mass is 19.1. The number of carbonyl (C=O) groups is 2. The quantitative estimate of drug-likeness (QED) is 0.485. The van der Waals surface area contributed by atoms with Gasteiger partial charge in [-0.25, -0.2) is 18.6 Å². The van der Waals surface area contributed by atoms with Gasteiger partial charge in [0.15, 0.2) is 0 Å². The molecule has 0 aliphatic rings. The van der Waals surface area contributed by atoms with Crippen molar-refractivity contribution in [3.63, 3.8) is 0 Å². The van der Waals surface area contributed by atoms with E-state index in [0.717, 1.165) is 17.3 Å². The summed E-state index contributed by atoms with van der Waals surface area (Å²) in [5, 5.41) is 4.74. The molecule has 2 aromatic carbocycles. The summed E-state index contributed by atoms with van der Waals surface area (Å²) in [4.78, 5) is 23.6. The number of nitrogens with zero attached hydrogens (tertiary/aromatic N) is 2. The van der Waals surface area contributed by atoms with Crippen LogP contribution in [-0.2, 0) is 4.74 Å². The van der Waals surface area contributed by atoms with Crippen LogP contribution < -0.4 is 0 Å². The van der Waals surface area contributed by atoms with Gasteiger partial charge in [-0.1, -0.05) is 12.1 Å². The van der Waals surface area contributed by atoms with Gasteiger partial charge in [0.1, 0.15) is 11.6 Å². The second-order valence-electron chi connectivity index (χ2n) is 5.24. The first-order valence-electron chi connectivity index (χ1n) is 7.30. The number of hydrogen-bond acceptors (Lipinski definition) is 4. The molecule has 0 heterocycles. The van der Waals surface area contributed by atoms with Crippen molar-refractivity contribution < 1.29 is 23.1 Å². The summed E-state index contributed by atoms with van der Waals surface area (Å²) >= 11 is 0. The summed E-state index contributed by atoms with van der Waals surface area (Å²) in [6.07, 6.45) is 1.11. The number of hydrazone groups is 1. The maximum absolute atomic E-state index is 14.0. The minimum atomic E-state index is -0.700. The van der Waals surface area contributed by atoms with E-state index in [9.17, 15) is 18.4 Å². The van der Waals surface area contributed by atoms with E-state index in [1.165, 1.54) is 32.4 Å². The van der Waals surface area contributed by atoms with Crippen LogP contribution in [0.15, 0.2) is 41.5 Å². The van der Waals surface area contributed by atoms with E-state index >= 15 is 0 Å². The van der Waals surface area contributed by atoms with E-state index in [2.05, 4.69) is 9.84 Å². The molecule has 0 unspecified atom stereocenters. The molecular formula is C18H16F2N2O3. The molecule has 2 aromatic rings. The minimum absolute atomic E-state index is 0.0587. The van der Waals surface area contributed by atoms with Crippen LogP contribution in [0.25, 0.3) is 0 Å². The summed E-state index contributed by atoms with van der Waals surface area (Å²) in [5.41, 5.74) is 0.342. The average Bonchev–Trinajstić information content (AvgIpc) is 2.61. The molecule has 0 aliphatic heterocycles. The zero-order chi connectivity index (χ0) is 18.6. The molecule has 1 amide bonds. The van der Waals surface area contributed by atoms with Crippen LogP contribution in [0.4, 0.5) is 8.78 Å². The molecule has 0 spiro atoms. The van der Waals surface area contributed by atoms with Crippen molar-refractivity contribution in [2.75, 3.05) is 14.2 Å². The van der Waals surface area contributed by atoms with Gasteiger partial charge in [-0.2, -0.15) is 5.10 Å². The highest BCUT2D eigenvalue weighted by molar-refractivity contribution is 5.95. The number of carbonyl (C=O) groups excluding carboxylic acids is 2. The molecule has 2 rings (SSSR count). The molecule has 0 atom stereocenters. The molecule has 7 heteroatoms. The number of benzene rings is 2. The second-order valence-corrected chi connectivity index (χ2v) is 5.24. The molecule has 25 heavy (non-hydrogen) atoms. The third-order valence-electron chi connectivity index (χ3n) is 3.51. The normalized spacial score (nSPS) is 10.8. The molecule has 0 bridgehead atoms. The highest BCUT2D eigenvalue weighted by Gasteiger charge is 2.17. The summed E-state index contributed by atoms with van der Waals surface area (Å²) < 4.78 is 32.5. The molecule has 0 radical (unpaired) electrons. The van der Waals surface area contributed by atoms with E-state index < -0.39 is 23.5 Å². The van der Waals surface area contributed by atoms with Crippen LogP contribution in [0.3, 0.4) is 0 Å². The number of hydrogen-bond donors (Lipinski definition) is 0. The Morgan fingerprint density at radius 2 is 1.92 bits per heavy atom. The largest absolute Gasteiger partial charge is 0.465 e. The Kier molecular flexibility index (Phi) is 5.59. The van der Waals surface area contributed by atoms with Crippen molar-refractivity contribution in [2.45, 2.75) is 6.92 Å². The Bertz CT molecular complexity index is 850. The van der Waals surface area contributed by atoms with Gasteiger partial charge < -0.3 is 4.74 Å². The predicted octanol–water partition coefficient (Wildman–Crippen LogP) is 3.17. The fourth-order valence-corrected chi connectivity index (χ4v) is 2.06. The lowest BCUT2D eigenvalue weighted by Gasteiger charge is -2.12. The molecular weight excluding hydrogens is 330 g/mol. The van der Waals surface area contributed by atoms with Gasteiger partial charge >= 0.3 is 5.97 Å². The van der Waals surface area contributed by atoms with Gasteiger partial charge in [-0.15, -0.1) is 0 Å². The number of ether oxygens (including phenoxy) is 1. The molecule has 0 aromatic heterocycles. The Hall–Kier alpha value is -3.09. The molecule has 0 aliphatic carbocycles. The summed E-state index contributed by atoms with van der Waals surface area (Å²) in [6.45, 7) is 1.55. The van der Waals surface area contributed by atoms with Crippen LogP contribution in [0.1, 0.15) is 31.8 Å². The van der Waals surface area contributed by atoms with Crippen molar-refractivity contribution in [1.82, 2.24) is 5.01 Å². The smallest absolute Gasteiger partial charge is 0.337 e. The monoisotopic (exact) mass is 346 g/mol. The third kappa shape index (κ3) is 4.06. The van der Waals surface area contributed by atoms with Crippen molar-refractivity contribution in [1.29, 1.82) is 0 Å². The van der Waals surface area contributed by atoms with Crippen molar-refractivity contribution in [3.05, 3.63) is 70.3 Å². The van der Waals surface area contributed by atoms with Gasteiger partial charge in [0, 0.05) is 12.6 Å². The molecule has 5 nitrogen and oxygen atoms in total. The molecule has 0 saturated carbocycles. The fourth-order valence-electron chi connectivity index (χ4n) is 2.06. The van der Waals surface area contributed by atoms with E-state index in [0.29, 0.717) is 5.56 Å². The number of methoxy groups -OCH3 is 1. The van der Waals surface area contributed by atoms with Gasteiger partial charge in [-0.05, 0) is 36.8 Å². The van der Waals surface area contributed by atoms with Crippen LogP contribution >= 0.6 is 0 Å². The van der Waals surface area contributed by atoms with Gasteiger partial charge in [0.05, 0.1) is 24.5 Å². The molecule has 0 fully saturated rings. The maximum atomic E-state index is 14.0. The lowest BCUT2D eigenvalue weighted by molar-refractivity contribution is 0.0600. The zero-order valence-electron chi connectivity index (χ0n) is 13.9. The first-order valence-corrected chi connectivity index (χ1v) is 7.30. The number of amides is 1. The van der Waals surface area contributed by atoms with Crippen LogP contribution in [0.5, 0.6) is 0 Å². The lowest BCUT2D eigenvalue weighted by Crippen LogP contribution is -2.22. The second kappa shape index (κ2) is 7.65. The standard InChI is InChI=1S/C18H16F2N2O3/c1-11-5-4-6-14(16(11)20)17(23)22(2)21-10-13-8-7-12(9-15(13)19)18(24)25-3/h4-10H,1-3H3/b21-10+. The van der Waals surface area contributed by atoms with E-state index in [1.807, 2.05) is 0 Å². The first kappa shape index (κ1) is 18.3. The Morgan fingerprint density at radius 1 is 1.20 bits per heavy atom. The fraction of sp³-hybridized carbons (Fsp3) is 0.167. The van der Waals surface area contributed by atoms with E-state index in [-0.39, 0.29) is 16.7 Å². The molecule has 0 N–H and O–H groups in total. The molecule has 0 saturated heterocycles. The van der Waals surface area contributed by atoms with E-state index in [4.69, 9.17) is 0 Å². The Labute approximate surface area is 143 Å². The van der Waals surface area contributed by atoms with Crippen molar-refractivity contribution >= 4 is 18.1 Å². The van der Waals surface area contributed by atoms with Crippen molar-refractivity contribution in [2.24, 2.45) is 5.10 Å². The number of rotatable bonds is 4. The minimum Gasteiger partial charge on any atom is -0.465 e. The average molecular weight is 346 g/mol. The highest BCUT2D eigenvalue weighted by Crippen LogP contribution is 2.14. The number of esters is 1. The summed E-state index contributed by atoms with van der Waals surface area (Å²) in [6, 6.07) is 8.18. The topological polar surface area (TPSA) is 59.0 Å². The van der Waals surface area contributed by atoms with E-state index in [1.54, 1.807) is 19.1 Å². The van der Waals surface area contributed by atoms with Gasteiger partial charge in [-0.3, -0.25) is 4.79 Å². The lowest BCUT2D eigenvalue weighted by atomic mass is 10.1. The zero-order valence-corrected chi connectivity index (χ0v) is 13.9. The number of aryl methyl sites for hydroxylation is 1. The SMILES string of the molecule is COC(=O)c1ccc(/C=N/N(C)C(=O)c2cccc(C)c2F)c(F)c1. The van der Waals surface area contributed by atoms with Gasteiger partial charge in [0.2, 0.25) is 0 Å². The Balaban J connectivity index is 2.19. The summed E-state index contributed by atoms with van der Waals surface area (Å²) in [7, 11) is 2.53. The summed E-state index contributed by atoms with van der Waals surface area (Å²) in [5.74, 6) is -2.65. The van der Waals surface area contributed by atoms with Crippen molar-refractivity contribution in [3.8, 4) is 0 Å². The van der Waals surface area contributed by atoms with Crippen LogP contribution in [0, 0.1) is 18.6 Å². The Morgan fingerprint density at radius 3 is 2.56 bits per heavy atom. The number of halogens is 2. The maximum Gasteiger partial charge on any atom is 0.337 e. The predicted molar refractivity (Wildman–Crippen MR) is 88.6 cm³/mol.